The maximum absolute atomic E-state index is 12.4. The predicted molar refractivity (Wildman–Crippen MR) is 93.8 cm³/mol. The second-order valence-corrected chi connectivity index (χ2v) is 6.69. The third kappa shape index (κ3) is 4.93. The minimum atomic E-state index is -0.230. The van der Waals surface area contributed by atoms with Crippen molar-refractivity contribution in [3.8, 4) is 0 Å². The summed E-state index contributed by atoms with van der Waals surface area (Å²) in [7, 11) is 0. The molecule has 0 spiro atoms. The fraction of sp³-hybridized carbons (Fsp3) is 0.556. The van der Waals surface area contributed by atoms with Crippen LogP contribution < -0.4 is 10.6 Å². The van der Waals surface area contributed by atoms with Crippen molar-refractivity contribution in [2.75, 3.05) is 32.7 Å². The fourth-order valence-electron chi connectivity index (χ4n) is 3.33. The van der Waals surface area contributed by atoms with Crippen molar-refractivity contribution in [1.82, 2.24) is 20.4 Å². The van der Waals surface area contributed by atoms with Crippen LogP contribution in [0.2, 0.25) is 0 Å². The third-order valence-electron chi connectivity index (χ3n) is 4.79. The first kappa shape index (κ1) is 17.7. The van der Waals surface area contributed by atoms with Crippen molar-refractivity contribution in [3.63, 3.8) is 0 Å². The first-order chi connectivity index (χ1) is 12.1. The molecular weight excluding hydrogens is 320 g/mol. The normalized spacial score (nSPS) is 21.7. The summed E-state index contributed by atoms with van der Waals surface area (Å²) in [5.74, 6) is -0.00607. The summed E-state index contributed by atoms with van der Waals surface area (Å²) in [6.07, 6.45) is 0.938. The molecule has 0 aliphatic carbocycles. The van der Waals surface area contributed by atoms with Crippen molar-refractivity contribution >= 4 is 11.9 Å². The zero-order valence-electron chi connectivity index (χ0n) is 14.4. The molecule has 0 saturated carbocycles. The monoisotopic (exact) mass is 346 g/mol. The molecule has 3 N–H and O–H groups in total. The Morgan fingerprint density at radius 3 is 2.80 bits per heavy atom. The number of carbonyl (C=O) groups excluding carboxylic acids is 2. The third-order valence-corrected chi connectivity index (χ3v) is 4.79. The van der Waals surface area contributed by atoms with E-state index in [1.54, 1.807) is 4.90 Å². The van der Waals surface area contributed by atoms with Gasteiger partial charge in [0.1, 0.15) is 0 Å². The van der Waals surface area contributed by atoms with E-state index in [2.05, 4.69) is 21.6 Å². The van der Waals surface area contributed by atoms with E-state index < -0.39 is 0 Å². The topological polar surface area (TPSA) is 84.9 Å². The molecule has 7 heteroatoms. The van der Waals surface area contributed by atoms with Crippen LogP contribution in [-0.4, -0.2) is 65.7 Å². The number of hydrogen-bond acceptors (Lipinski definition) is 4. The number of nitrogens with one attached hydrogen (secondary N) is 2. The summed E-state index contributed by atoms with van der Waals surface area (Å²) >= 11 is 0. The van der Waals surface area contributed by atoms with Crippen LogP contribution in [0.4, 0.5) is 4.79 Å². The molecule has 0 radical (unpaired) electrons. The number of carbonyl (C=O) groups is 2. The highest BCUT2D eigenvalue weighted by Gasteiger charge is 2.21. The van der Waals surface area contributed by atoms with Gasteiger partial charge in [-0.2, -0.15) is 0 Å². The maximum Gasteiger partial charge on any atom is 0.317 e. The van der Waals surface area contributed by atoms with Gasteiger partial charge in [0.25, 0.3) is 0 Å². The summed E-state index contributed by atoms with van der Waals surface area (Å²) in [5, 5.41) is 15.4. The lowest BCUT2D eigenvalue weighted by Gasteiger charge is -2.21. The minimum Gasteiger partial charge on any atom is -0.392 e. The number of rotatable bonds is 4. The van der Waals surface area contributed by atoms with Crippen molar-refractivity contribution in [3.05, 3.63) is 35.4 Å². The highest BCUT2D eigenvalue weighted by atomic mass is 16.3. The number of aliphatic hydroxyl groups excluding tert-OH is 1. The minimum absolute atomic E-state index is 0.00607. The van der Waals surface area contributed by atoms with Gasteiger partial charge in [-0.1, -0.05) is 24.3 Å². The van der Waals surface area contributed by atoms with E-state index in [1.807, 2.05) is 18.2 Å². The number of β-amino-alcohol motifs (C(OH)–C–C–N with tert-alkyl or cyclic N) is 1. The molecule has 2 heterocycles. The summed E-state index contributed by atoms with van der Waals surface area (Å²) in [5.41, 5.74) is 2.26. The van der Waals surface area contributed by atoms with E-state index in [0.29, 0.717) is 39.1 Å². The predicted octanol–water partition coefficient (Wildman–Crippen LogP) is 0.285. The molecule has 2 aliphatic rings. The van der Waals surface area contributed by atoms with Crippen LogP contribution in [0.1, 0.15) is 24.0 Å². The van der Waals surface area contributed by atoms with E-state index in [4.69, 9.17) is 0 Å². The van der Waals surface area contributed by atoms with E-state index in [9.17, 15) is 14.7 Å². The molecule has 3 rings (SSSR count). The van der Waals surface area contributed by atoms with Crippen LogP contribution in [0.5, 0.6) is 0 Å². The molecule has 2 aliphatic heterocycles. The van der Waals surface area contributed by atoms with E-state index in [0.717, 1.165) is 25.1 Å². The Morgan fingerprint density at radius 1 is 1.24 bits per heavy atom. The van der Waals surface area contributed by atoms with Crippen LogP contribution in [0.25, 0.3) is 0 Å². The molecule has 2 fully saturated rings. The fourth-order valence-corrected chi connectivity index (χ4v) is 3.33. The molecule has 0 bridgehead atoms. The Hall–Kier alpha value is -2.12. The number of amides is 3. The summed E-state index contributed by atoms with van der Waals surface area (Å²) in [6, 6.07) is 7.93. The summed E-state index contributed by atoms with van der Waals surface area (Å²) in [4.78, 5) is 27.6. The lowest BCUT2D eigenvalue weighted by Crippen LogP contribution is -2.41. The SMILES string of the molecule is O=C1CCN(C(=O)NCc2ccccc2CN2CC[C@@H](O)C2)CCN1. The molecule has 3 amide bonds. The largest absolute Gasteiger partial charge is 0.392 e. The quantitative estimate of drug-likeness (QED) is 0.731. The number of nitrogens with zero attached hydrogens (tertiary/aromatic N) is 2. The van der Waals surface area contributed by atoms with E-state index in [-0.39, 0.29) is 18.0 Å². The lowest BCUT2D eigenvalue weighted by molar-refractivity contribution is -0.120. The standard InChI is InChI=1S/C18H26N4O3/c23-16-5-8-21(13-16)12-15-4-2-1-3-14(15)11-20-18(25)22-9-6-17(24)19-7-10-22/h1-4,16,23H,5-13H2,(H,19,24)(H,20,25)/t16-/m1/s1. The van der Waals surface area contributed by atoms with Crippen molar-refractivity contribution in [2.24, 2.45) is 0 Å². The molecule has 1 atom stereocenters. The van der Waals surface area contributed by atoms with Crippen LogP contribution in [0.3, 0.4) is 0 Å². The molecular formula is C18H26N4O3. The van der Waals surface area contributed by atoms with E-state index >= 15 is 0 Å². The highest BCUT2D eigenvalue weighted by Crippen LogP contribution is 2.16. The number of hydrogen-bond donors (Lipinski definition) is 3. The number of urea groups is 1. The smallest absolute Gasteiger partial charge is 0.317 e. The number of aliphatic hydroxyl groups is 1. The van der Waals surface area contributed by atoms with Crippen molar-refractivity contribution in [1.29, 1.82) is 0 Å². The molecule has 25 heavy (non-hydrogen) atoms. The summed E-state index contributed by atoms with van der Waals surface area (Å²) < 4.78 is 0. The Balaban J connectivity index is 1.55. The van der Waals surface area contributed by atoms with Gasteiger partial charge in [0.15, 0.2) is 0 Å². The molecule has 1 aromatic rings. The molecule has 136 valence electrons. The Morgan fingerprint density at radius 2 is 2.04 bits per heavy atom. The van der Waals surface area contributed by atoms with Gasteiger partial charge in [-0.3, -0.25) is 9.69 Å². The lowest BCUT2D eigenvalue weighted by atomic mass is 10.1. The van der Waals surface area contributed by atoms with Crippen LogP contribution in [-0.2, 0) is 17.9 Å². The first-order valence-corrected chi connectivity index (χ1v) is 8.88. The number of likely N-dealkylation sites (tertiary alicyclic amines) is 1. The van der Waals surface area contributed by atoms with Crippen LogP contribution in [0, 0.1) is 0 Å². The van der Waals surface area contributed by atoms with Crippen molar-refractivity contribution in [2.45, 2.75) is 32.0 Å². The molecule has 0 unspecified atom stereocenters. The zero-order chi connectivity index (χ0) is 17.6. The molecule has 2 saturated heterocycles. The Bertz CT molecular complexity index is 622. The zero-order valence-corrected chi connectivity index (χ0v) is 14.4. The van der Waals surface area contributed by atoms with Gasteiger partial charge in [-0.25, -0.2) is 4.79 Å². The average Bonchev–Trinajstić information content (AvgIpc) is 2.88. The molecule has 7 nitrogen and oxygen atoms in total. The number of benzene rings is 1. The van der Waals surface area contributed by atoms with Gasteiger partial charge >= 0.3 is 6.03 Å². The highest BCUT2D eigenvalue weighted by molar-refractivity contribution is 5.79. The van der Waals surface area contributed by atoms with Gasteiger partial charge in [0.05, 0.1) is 6.10 Å². The van der Waals surface area contributed by atoms with E-state index in [1.165, 1.54) is 5.56 Å². The second-order valence-electron chi connectivity index (χ2n) is 6.69. The second kappa shape index (κ2) is 8.31. The van der Waals surface area contributed by atoms with Gasteiger partial charge in [0, 0.05) is 52.2 Å². The Labute approximate surface area is 148 Å². The maximum atomic E-state index is 12.4. The first-order valence-electron chi connectivity index (χ1n) is 8.88. The van der Waals surface area contributed by atoms with Gasteiger partial charge < -0.3 is 20.6 Å². The van der Waals surface area contributed by atoms with Crippen molar-refractivity contribution < 1.29 is 14.7 Å². The summed E-state index contributed by atoms with van der Waals surface area (Å²) in [6.45, 7) is 4.33. The molecule has 1 aromatic carbocycles. The van der Waals surface area contributed by atoms with Crippen LogP contribution in [0.15, 0.2) is 24.3 Å². The van der Waals surface area contributed by atoms with Gasteiger partial charge in [0.2, 0.25) is 5.91 Å². The molecule has 0 aromatic heterocycles. The average molecular weight is 346 g/mol. The van der Waals surface area contributed by atoms with Gasteiger partial charge in [-0.05, 0) is 17.5 Å². The van der Waals surface area contributed by atoms with Crippen LogP contribution >= 0.6 is 0 Å². The van der Waals surface area contributed by atoms with Gasteiger partial charge in [-0.15, -0.1) is 0 Å². The Kier molecular flexibility index (Phi) is 5.88.